The Balaban J connectivity index is 1.45. The number of carboxylic acid groups (broad SMARTS) is 2. The van der Waals surface area contributed by atoms with Gasteiger partial charge in [-0.3, -0.25) is 14.4 Å². The van der Waals surface area contributed by atoms with Crippen molar-refractivity contribution >= 4 is 30.1 Å². The number of esters is 1. The van der Waals surface area contributed by atoms with E-state index in [1.807, 2.05) is 51.1 Å². The van der Waals surface area contributed by atoms with E-state index in [1.165, 1.54) is 6.20 Å². The fourth-order valence-corrected chi connectivity index (χ4v) is 4.30. The zero-order valence-electron chi connectivity index (χ0n) is 24.9. The second-order valence-corrected chi connectivity index (χ2v) is 11.1. The normalized spacial score (nSPS) is 13.0. The van der Waals surface area contributed by atoms with Gasteiger partial charge >= 0.3 is 17.9 Å². The first-order chi connectivity index (χ1) is 21.4. The summed E-state index contributed by atoms with van der Waals surface area (Å²) in [7, 11) is 0. The second-order valence-electron chi connectivity index (χ2n) is 11.1. The van der Waals surface area contributed by atoms with Crippen LogP contribution in [0.15, 0.2) is 47.7 Å². The molecule has 3 heterocycles. The largest absolute Gasteiger partial charge is 0.481 e. The number of aryl methyl sites for hydroxylation is 1. The van der Waals surface area contributed by atoms with E-state index in [1.54, 1.807) is 18.5 Å². The van der Waals surface area contributed by atoms with Crippen LogP contribution < -0.4 is 21.0 Å². The van der Waals surface area contributed by atoms with E-state index < -0.39 is 42.7 Å². The molecule has 0 radical (unpaired) electrons. The Morgan fingerprint density at radius 1 is 1.11 bits per heavy atom. The van der Waals surface area contributed by atoms with Gasteiger partial charge in [0.15, 0.2) is 6.04 Å². The maximum Gasteiger partial charge on any atom is 0.329 e. The first-order valence-corrected chi connectivity index (χ1v) is 14.0. The molecule has 1 unspecified atom stereocenters. The number of carbonyl (C=O) groups is 3. The Kier molecular flexibility index (Phi) is 10.2. The van der Waals surface area contributed by atoms with Crippen LogP contribution in [0.2, 0.25) is 0 Å². The summed E-state index contributed by atoms with van der Waals surface area (Å²) in [5.74, 6) is -3.18. The lowest BCUT2D eigenvalue weighted by Crippen LogP contribution is -2.38. The third-order valence-electron chi connectivity index (χ3n) is 6.50. The molecule has 0 spiro atoms. The molecule has 236 valence electrons. The number of nitrogens with zero attached hydrogens (tertiary/aromatic N) is 5. The van der Waals surface area contributed by atoms with Gasteiger partial charge in [-0.05, 0) is 30.6 Å². The van der Waals surface area contributed by atoms with Crippen LogP contribution in [0.3, 0.4) is 0 Å². The Hall–Kier alpha value is -5.60. The molecule has 1 atom stereocenters. The van der Waals surface area contributed by atoms with Crippen molar-refractivity contribution in [2.24, 2.45) is 0 Å². The summed E-state index contributed by atoms with van der Waals surface area (Å²) < 4.78 is 11.9. The van der Waals surface area contributed by atoms with Gasteiger partial charge in [-0.15, -0.1) is 5.10 Å². The van der Waals surface area contributed by atoms with Crippen molar-refractivity contribution < 1.29 is 34.1 Å². The number of aromatic amines is 2. The summed E-state index contributed by atoms with van der Waals surface area (Å²) in [6.45, 7) is 5.56. The monoisotopic (exact) mass is 619 g/mol. The number of aromatic nitrogens is 7. The molecule has 0 bridgehead atoms. The molecule has 15 heteroatoms. The average Bonchev–Trinajstić information content (AvgIpc) is 3.64. The van der Waals surface area contributed by atoms with Crippen LogP contribution in [-0.4, -0.2) is 69.8 Å². The molecule has 0 aliphatic rings. The summed E-state index contributed by atoms with van der Waals surface area (Å²) in [5.41, 5.74) is 1.85. The topological polar surface area (TPSA) is 215 Å². The summed E-state index contributed by atoms with van der Waals surface area (Å²) >= 11 is 0. The van der Waals surface area contributed by atoms with Gasteiger partial charge in [0.1, 0.15) is 10.7 Å². The molecule has 3 aromatic heterocycles. The maximum absolute atomic E-state index is 12.9. The molecule has 4 aromatic rings. The minimum absolute atomic E-state index is 0.0129. The lowest BCUT2D eigenvalue weighted by atomic mass is 9.90. The van der Waals surface area contributed by atoms with E-state index in [9.17, 15) is 24.3 Å². The lowest BCUT2D eigenvalue weighted by Gasteiger charge is -2.17. The Labute approximate surface area is 256 Å². The van der Waals surface area contributed by atoms with Crippen molar-refractivity contribution in [2.45, 2.75) is 57.9 Å². The van der Waals surface area contributed by atoms with Crippen LogP contribution in [0.1, 0.15) is 68.7 Å². The van der Waals surface area contributed by atoms with Crippen LogP contribution in [0.5, 0.6) is 5.88 Å². The van der Waals surface area contributed by atoms with Crippen LogP contribution in [0, 0.1) is 0 Å². The molecule has 1 aromatic carbocycles. The van der Waals surface area contributed by atoms with Gasteiger partial charge in [-0.2, -0.15) is 0 Å². The fourth-order valence-electron chi connectivity index (χ4n) is 4.30. The fraction of sp³-hybridized carbons (Fsp3) is 0.333. The van der Waals surface area contributed by atoms with Crippen LogP contribution >= 0.6 is 0 Å². The predicted octanol–water partition coefficient (Wildman–Crippen LogP) is 1.04. The number of hydrogen-bond acceptors (Lipinski definition) is 10. The number of nitrogens with one attached hydrogen (secondary N) is 2. The molecule has 0 fully saturated rings. The molecule has 4 N–H and O–H groups in total. The van der Waals surface area contributed by atoms with E-state index in [-0.39, 0.29) is 34.8 Å². The lowest BCUT2D eigenvalue weighted by molar-refractivity contribution is -0.150. The van der Waals surface area contributed by atoms with Gasteiger partial charge in [-0.1, -0.05) is 56.3 Å². The van der Waals surface area contributed by atoms with Crippen molar-refractivity contribution in [1.29, 1.82) is 0 Å². The van der Waals surface area contributed by atoms with Crippen LogP contribution in [0.4, 0.5) is 0 Å². The highest BCUT2D eigenvalue weighted by atomic mass is 16.7. The molecule has 15 nitrogen and oxygen atoms in total. The maximum atomic E-state index is 12.9. The van der Waals surface area contributed by atoms with Crippen molar-refractivity contribution in [3.63, 3.8) is 0 Å². The van der Waals surface area contributed by atoms with Gasteiger partial charge < -0.3 is 29.7 Å². The first kappa shape index (κ1) is 32.3. The number of hydrogen-bond donors (Lipinski definition) is 4. The van der Waals surface area contributed by atoms with Gasteiger partial charge in [0.05, 0.1) is 24.1 Å². The summed E-state index contributed by atoms with van der Waals surface area (Å²) in [4.78, 5) is 62.4. The summed E-state index contributed by atoms with van der Waals surface area (Å²) in [5, 5.41) is 26.1. The van der Waals surface area contributed by atoms with E-state index in [4.69, 9.17) is 14.6 Å². The summed E-state index contributed by atoms with van der Waals surface area (Å²) in [6.07, 6.45) is 6.04. The number of rotatable bonds is 13. The highest BCUT2D eigenvalue weighted by Crippen LogP contribution is 2.23. The third-order valence-corrected chi connectivity index (χ3v) is 6.50. The second kappa shape index (κ2) is 14.2. The minimum Gasteiger partial charge on any atom is -0.481 e. The van der Waals surface area contributed by atoms with Gasteiger partial charge in [0.2, 0.25) is 12.7 Å². The first-order valence-electron chi connectivity index (χ1n) is 14.0. The molecule has 45 heavy (non-hydrogen) atoms. The Morgan fingerprint density at radius 2 is 1.87 bits per heavy atom. The molecule has 0 saturated heterocycles. The highest BCUT2D eigenvalue weighted by Gasteiger charge is 2.24. The number of ether oxygens (including phenoxy) is 2. The standard InChI is InChI=1S/C30H33N7O8/c1-30(2,3)26-20(31-16-32-26)13-22-28(34-21(27(41)33-22)12-18-8-5-4-6-9-18)45-17-44-25(40)11-7-10-19-15-37(36-35-19)23(29(42)43)14-24(38)39/h4-6,8-9,12-13,15-16,23H,7,10-11,14,17H2,1-3H3,(H,31,32)(H,33,41)(H,38,39)(H,42,43)/b21-12-,22-13-. The smallest absolute Gasteiger partial charge is 0.329 e. The van der Waals surface area contributed by atoms with E-state index >= 15 is 0 Å². The van der Waals surface area contributed by atoms with Crippen molar-refractivity contribution in [2.75, 3.05) is 6.79 Å². The molecule has 0 amide bonds. The molecule has 0 aliphatic carbocycles. The third kappa shape index (κ3) is 8.95. The van der Waals surface area contributed by atoms with Crippen molar-refractivity contribution in [1.82, 2.24) is 34.9 Å². The number of benzene rings is 1. The molecule has 0 aliphatic heterocycles. The molecule has 0 saturated carbocycles. The quantitative estimate of drug-likeness (QED) is 0.122. The van der Waals surface area contributed by atoms with Crippen LogP contribution in [-0.2, 0) is 31.0 Å². The van der Waals surface area contributed by atoms with Gasteiger partial charge in [0, 0.05) is 23.7 Å². The highest BCUT2D eigenvalue weighted by molar-refractivity contribution is 5.79. The zero-order chi connectivity index (χ0) is 32.6. The van der Waals surface area contributed by atoms with Crippen molar-refractivity contribution in [3.8, 4) is 5.88 Å². The molecular weight excluding hydrogens is 586 g/mol. The SMILES string of the molecule is CC(C)(C)c1[nH]cnc1/C=c1\[nH]c(=O)/c(=C/c2ccccc2)nc1OCOC(=O)CCCc1cn(C(CC(=O)O)C(=O)O)nn1. The number of aliphatic carboxylic acids is 2. The average molecular weight is 620 g/mol. The Bertz CT molecular complexity index is 1840. The van der Waals surface area contributed by atoms with E-state index in [2.05, 4.69) is 30.2 Å². The number of imidazole rings is 1. The van der Waals surface area contributed by atoms with Gasteiger partial charge in [-0.25, -0.2) is 19.4 Å². The van der Waals surface area contributed by atoms with Crippen molar-refractivity contribution in [3.05, 3.63) is 86.6 Å². The summed E-state index contributed by atoms with van der Waals surface area (Å²) in [6, 6.07) is 7.77. The number of carboxylic acids is 2. The molecular formula is C30H33N7O8. The minimum atomic E-state index is -1.39. The zero-order valence-corrected chi connectivity index (χ0v) is 24.9. The molecule has 4 rings (SSSR count). The van der Waals surface area contributed by atoms with E-state index in [0.29, 0.717) is 17.8 Å². The Morgan fingerprint density at radius 3 is 2.56 bits per heavy atom. The number of H-pyrrole nitrogens is 2. The number of carbonyl (C=O) groups excluding carboxylic acids is 1. The van der Waals surface area contributed by atoms with E-state index in [0.717, 1.165) is 15.9 Å². The van der Waals surface area contributed by atoms with Gasteiger partial charge in [0.25, 0.3) is 5.56 Å². The van der Waals surface area contributed by atoms with Crippen LogP contribution in [0.25, 0.3) is 12.2 Å². The predicted molar refractivity (Wildman–Crippen MR) is 158 cm³/mol.